The van der Waals surface area contributed by atoms with Crippen LogP contribution in [0.4, 0.5) is 4.39 Å². The highest BCUT2D eigenvalue weighted by Crippen LogP contribution is 2.41. The Bertz CT molecular complexity index is 399. The van der Waals surface area contributed by atoms with E-state index in [9.17, 15) is 9.50 Å². The highest BCUT2D eigenvalue weighted by Gasteiger charge is 2.36. The first-order valence-electron chi connectivity index (χ1n) is 6.13. The Hall–Kier alpha value is -0.410. The molecule has 17 heavy (non-hydrogen) atoms. The summed E-state index contributed by atoms with van der Waals surface area (Å²) >= 11 is 3.41. The first-order valence-corrected chi connectivity index (χ1v) is 6.92. The molecule has 0 bridgehead atoms. The quantitative estimate of drug-likeness (QED) is 0.892. The third kappa shape index (κ3) is 2.89. The number of aliphatic hydroxyl groups is 1. The molecule has 1 nitrogen and oxygen atoms in total. The van der Waals surface area contributed by atoms with Crippen LogP contribution in [0.25, 0.3) is 0 Å². The lowest BCUT2D eigenvalue weighted by Gasteiger charge is -2.30. The molecule has 1 atom stereocenters. The topological polar surface area (TPSA) is 20.2 Å². The van der Waals surface area contributed by atoms with Gasteiger partial charge in [-0.25, -0.2) is 4.39 Å². The van der Waals surface area contributed by atoms with Crippen molar-refractivity contribution in [2.45, 2.75) is 45.1 Å². The molecule has 0 saturated heterocycles. The standard InChI is InChI=1S/C14H18BrFO/c1-14(6-2-3-7-14)13(17)9-10-8-11(16)4-5-12(10)15/h4-5,8,13,17H,2-3,6-7,9H2,1H3. The lowest BCUT2D eigenvalue weighted by Crippen LogP contribution is -2.31. The second kappa shape index (κ2) is 5.07. The van der Waals surface area contributed by atoms with E-state index in [2.05, 4.69) is 22.9 Å². The molecule has 2 rings (SSSR count). The molecule has 0 aliphatic heterocycles. The van der Waals surface area contributed by atoms with Crippen molar-refractivity contribution < 1.29 is 9.50 Å². The van der Waals surface area contributed by atoms with Crippen molar-refractivity contribution >= 4 is 15.9 Å². The van der Waals surface area contributed by atoms with Crippen LogP contribution in [0.2, 0.25) is 0 Å². The summed E-state index contributed by atoms with van der Waals surface area (Å²) in [6.45, 7) is 2.14. The van der Waals surface area contributed by atoms with Crippen molar-refractivity contribution in [2.75, 3.05) is 0 Å². The summed E-state index contributed by atoms with van der Waals surface area (Å²) in [5, 5.41) is 10.3. The number of benzene rings is 1. The molecule has 1 saturated carbocycles. The highest BCUT2D eigenvalue weighted by molar-refractivity contribution is 9.10. The maximum atomic E-state index is 13.2. The van der Waals surface area contributed by atoms with Gasteiger partial charge in [0.15, 0.2) is 0 Å². The highest BCUT2D eigenvalue weighted by atomic mass is 79.9. The predicted octanol–water partition coefficient (Wildman–Crippen LogP) is 4.07. The van der Waals surface area contributed by atoms with E-state index in [0.29, 0.717) is 6.42 Å². The van der Waals surface area contributed by atoms with Gasteiger partial charge in [-0.2, -0.15) is 0 Å². The van der Waals surface area contributed by atoms with E-state index in [4.69, 9.17) is 0 Å². The van der Waals surface area contributed by atoms with E-state index >= 15 is 0 Å². The maximum absolute atomic E-state index is 13.2. The van der Waals surface area contributed by atoms with Gasteiger partial charge >= 0.3 is 0 Å². The van der Waals surface area contributed by atoms with Gasteiger partial charge < -0.3 is 5.11 Å². The van der Waals surface area contributed by atoms with E-state index in [-0.39, 0.29) is 17.3 Å². The van der Waals surface area contributed by atoms with E-state index in [1.165, 1.54) is 25.0 Å². The molecule has 1 aromatic rings. The van der Waals surface area contributed by atoms with Crippen molar-refractivity contribution in [1.82, 2.24) is 0 Å². The number of hydrogen-bond acceptors (Lipinski definition) is 1. The lowest BCUT2D eigenvalue weighted by molar-refractivity contribution is 0.0422. The summed E-state index contributed by atoms with van der Waals surface area (Å²) in [6.07, 6.45) is 4.66. The molecule has 0 aromatic heterocycles. The van der Waals surface area contributed by atoms with Crippen LogP contribution < -0.4 is 0 Å². The SMILES string of the molecule is CC1(C(O)Cc2cc(F)ccc2Br)CCCC1. The third-order valence-corrected chi connectivity index (χ3v) is 4.74. The molecule has 1 aliphatic carbocycles. The van der Waals surface area contributed by atoms with Gasteiger partial charge in [0.25, 0.3) is 0 Å². The van der Waals surface area contributed by atoms with Crippen LogP contribution >= 0.6 is 15.9 Å². The van der Waals surface area contributed by atoms with Crippen LogP contribution in [0.15, 0.2) is 22.7 Å². The summed E-state index contributed by atoms with van der Waals surface area (Å²) in [7, 11) is 0. The molecule has 94 valence electrons. The Kier molecular flexibility index (Phi) is 3.88. The van der Waals surface area contributed by atoms with Gasteiger partial charge in [-0.3, -0.25) is 0 Å². The molecular weight excluding hydrogens is 283 g/mol. The smallest absolute Gasteiger partial charge is 0.123 e. The molecule has 0 heterocycles. The van der Waals surface area contributed by atoms with Crippen LogP contribution in [-0.2, 0) is 6.42 Å². The van der Waals surface area contributed by atoms with Crippen LogP contribution in [0.5, 0.6) is 0 Å². The fourth-order valence-corrected chi connectivity index (χ4v) is 3.08. The molecule has 1 unspecified atom stereocenters. The monoisotopic (exact) mass is 300 g/mol. The molecule has 0 radical (unpaired) electrons. The second-order valence-electron chi connectivity index (χ2n) is 5.32. The molecule has 0 spiro atoms. The van der Waals surface area contributed by atoms with Crippen LogP contribution in [-0.4, -0.2) is 11.2 Å². The predicted molar refractivity (Wildman–Crippen MR) is 70.4 cm³/mol. The molecular formula is C14H18BrFO. The molecule has 1 N–H and O–H groups in total. The fourth-order valence-electron chi connectivity index (χ4n) is 2.67. The lowest BCUT2D eigenvalue weighted by atomic mass is 9.80. The summed E-state index contributed by atoms with van der Waals surface area (Å²) in [5.74, 6) is -0.244. The zero-order valence-corrected chi connectivity index (χ0v) is 11.6. The normalized spacial score (nSPS) is 20.5. The van der Waals surface area contributed by atoms with Gasteiger partial charge in [0.2, 0.25) is 0 Å². The first-order chi connectivity index (χ1) is 8.01. The van der Waals surface area contributed by atoms with Crippen LogP contribution in [0.3, 0.4) is 0 Å². The molecule has 1 fully saturated rings. The first kappa shape index (κ1) is 13.0. The molecule has 1 aliphatic rings. The van der Waals surface area contributed by atoms with Gasteiger partial charge in [-0.05, 0) is 42.0 Å². The van der Waals surface area contributed by atoms with Gasteiger partial charge in [0.1, 0.15) is 5.82 Å². The van der Waals surface area contributed by atoms with Gasteiger partial charge in [0.05, 0.1) is 6.10 Å². The van der Waals surface area contributed by atoms with Crippen molar-refractivity contribution in [3.05, 3.63) is 34.1 Å². The van der Waals surface area contributed by atoms with Crippen molar-refractivity contribution in [3.63, 3.8) is 0 Å². The average molecular weight is 301 g/mol. The average Bonchev–Trinajstić information content (AvgIpc) is 2.72. The zero-order valence-electron chi connectivity index (χ0n) is 10.0. The van der Waals surface area contributed by atoms with Crippen molar-refractivity contribution in [2.24, 2.45) is 5.41 Å². The Balaban J connectivity index is 2.12. The van der Waals surface area contributed by atoms with E-state index in [1.807, 2.05) is 0 Å². The summed E-state index contributed by atoms with van der Waals surface area (Å²) in [6, 6.07) is 4.64. The van der Waals surface area contributed by atoms with Gasteiger partial charge in [-0.15, -0.1) is 0 Å². The van der Waals surface area contributed by atoms with Crippen LogP contribution in [0.1, 0.15) is 38.2 Å². The third-order valence-electron chi connectivity index (χ3n) is 3.97. The zero-order chi connectivity index (χ0) is 12.5. The Labute approximate surface area is 110 Å². The van der Waals surface area contributed by atoms with Crippen molar-refractivity contribution in [1.29, 1.82) is 0 Å². The number of hydrogen-bond donors (Lipinski definition) is 1. The number of rotatable bonds is 3. The molecule has 3 heteroatoms. The fraction of sp³-hybridized carbons (Fsp3) is 0.571. The van der Waals surface area contributed by atoms with Crippen molar-refractivity contribution in [3.8, 4) is 0 Å². The van der Waals surface area contributed by atoms with E-state index in [1.54, 1.807) is 6.07 Å². The summed E-state index contributed by atoms with van der Waals surface area (Å²) < 4.78 is 14.0. The summed E-state index contributed by atoms with van der Waals surface area (Å²) in [4.78, 5) is 0. The maximum Gasteiger partial charge on any atom is 0.123 e. The van der Waals surface area contributed by atoms with E-state index in [0.717, 1.165) is 22.9 Å². The Morgan fingerprint density at radius 1 is 1.41 bits per heavy atom. The second-order valence-corrected chi connectivity index (χ2v) is 6.17. The number of aliphatic hydroxyl groups excluding tert-OH is 1. The van der Waals surface area contributed by atoms with Crippen LogP contribution in [0, 0.1) is 11.2 Å². The Morgan fingerprint density at radius 3 is 2.71 bits per heavy atom. The minimum absolute atomic E-state index is 0.00571. The minimum Gasteiger partial charge on any atom is -0.392 e. The number of halogens is 2. The largest absolute Gasteiger partial charge is 0.392 e. The summed E-state index contributed by atoms with van der Waals surface area (Å²) in [5.41, 5.74) is 0.858. The van der Waals surface area contributed by atoms with E-state index < -0.39 is 0 Å². The molecule has 1 aromatic carbocycles. The van der Waals surface area contributed by atoms with Gasteiger partial charge in [0, 0.05) is 10.9 Å². The molecule has 0 amide bonds. The van der Waals surface area contributed by atoms with Gasteiger partial charge in [-0.1, -0.05) is 35.7 Å². The Morgan fingerprint density at radius 2 is 2.06 bits per heavy atom. The minimum atomic E-state index is -0.386.